The summed E-state index contributed by atoms with van der Waals surface area (Å²) in [7, 11) is 0. The van der Waals surface area contributed by atoms with Gasteiger partial charge in [-0.25, -0.2) is 0 Å². The van der Waals surface area contributed by atoms with Crippen LogP contribution in [0.4, 0.5) is 0 Å². The van der Waals surface area contributed by atoms with Crippen molar-refractivity contribution in [2.45, 2.75) is 39.3 Å². The number of rotatable bonds is 5. The lowest BCUT2D eigenvalue weighted by Crippen LogP contribution is -2.35. The molecule has 0 spiro atoms. The maximum absolute atomic E-state index is 5.55. The van der Waals surface area contributed by atoms with Gasteiger partial charge in [-0.2, -0.15) is 0 Å². The topological polar surface area (TPSA) is 21.3 Å². The minimum absolute atomic E-state index is 0.125. The van der Waals surface area contributed by atoms with E-state index in [0.717, 1.165) is 12.3 Å². The van der Waals surface area contributed by atoms with Gasteiger partial charge in [0.1, 0.15) is 5.75 Å². The van der Waals surface area contributed by atoms with Gasteiger partial charge in [0.15, 0.2) is 0 Å². The van der Waals surface area contributed by atoms with Crippen molar-refractivity contribution in [1.29, 1.82) is 0 Å². The van der Waals surface area contributed by atoms with Crippen LogP contribution in [-0.4, -0.2) is 12.1 Å². The van der Waals surface area contributed by atoms with Gasteiger partial charge < -0.3 is 10.1 Å². The van der Waals surface area contributed by atoms with Gasteiger partial charge >= 0.3 is 0 Å². The van der Waals surface area contributed by atoms with Crippen molar-refractivity contribution in [3.8, 4) is 18.1 Å². The highest BCUT2D eigenvalue weighted by atomic mass is 16.5. The van der Waals surface area contributed by atoms with Crippen LogP contribution < -0.4 is 10.1 Å². The zero-order chi connectivity index (χ0) is 12.7. The molecule has 0 aliphatic heterocycles. The van der Waals surface area contributed by atoms with E-state index in [-0.39, 0.29) is 5.54 Å². The molecule has 2 nitrogen and oxygen atoms in total. The molecule has 1 rings (SSSR count). The highest BCUT2D eigenvalue weighted by molar-refractivity contribution is 5.28. The SMILES string of the molecule is C#CCCOc1cccc(CNC(C)(C)C)c1. The average molecular weight is 231 g/mol. The van der Waals surface area contributed by atoms with Crippen LogP contribution in [0.2, 0.25) is 0 Å². The van der Waals surface area contributed by atoms with Crippen molar-refractivity contribution in [2.75, 3.05) is 6.61 Å². The lowest BCUT2D eigenvalue weighted by Gasteiger charge is -2.20. The summed E-state index contributed by atoms with van der Waals surface area (Å²) in [5, 5.41) is 3.44. The molecule has 0 unspecified atom stereocenters. The number of ether oxygens (including phenoxy) is 1. The first-order valence-corrected chi connectivity index (χ1v) is 5.91. The molecule has 0 bridgehead atoms. The van der Waals surface area contributed by atoms with Crippen LogP contribution in [0.3, 0.4) is 0 Å². The Morgan fingerprint density at radius 1 is 1.35 bits per heavy atom. The summed E-state index contributed by atoms with van der Waals surface area (Å²) in [5.41, 5.74) is 1.35. The summed E-state index contributed by atoms with van der Waals surface area (Å²) in [6, 6.07) is 8.10. The fraction of sp³-hybridized carbons (Fsp3) is 0.467. The van der Waals surface area contributed by atoms with E-state index in [1.165, 1.54) is 5.56 Å². The quantitative estimate of drug-likeness (QED) is 0.621. The van der Waals surface area contributed by atoms with E-state index in [1.807, 2.05) is 12.1 Å². The van der Waals surface area contributed by atoms with Crippen molar-refractivity contribution < 1.29 is 4.74 Å². The molecule has 0 atom stereocenters. The second kappa shape index (κ2) is 6.32. The van der Waals surface area contributed by atoms with Crippen molar-refractivity contribution in [3.63, 3.8) is 0 Å². The first-order chi connectivity index (χ1) is 8.01. The van der Waals surface area contributed by atoms with Crippen molar-refractivity contribution in [1.82, 2.24) is 5.32 Å². The fourth-order valence-corrected chi connectivity index (χ4v) is 1.34. The van der Waals surface area contributed by atoms with Crippen LogP contribution in [0.1, 0.15) is 32.8 Å². The largest absolute Gasteiger partial charge is 0.493 e. The minimum atomic E-state index is 0.125. The summed E-state index contributed by atoms with van der Waals surface area (Å²) in [6.45, 7) is 7.88. The second-order valence-electron chi connectivity index (χ2n) is 5.05. The number of nitrogens with one attached hydrogen (secondary N) is 1. The molecule has 0 aliphatic rings. The molecule has 0 fully saturated rings. The maximum atomic E-state index is 5.55. The van der Waals surface area contributed by atoms with Crippen LogP contribution in [0.25, 0.3) is 0 Å². The maximum Gasteiger partial charge on any atom is 0.119 e. The lowest BCUT2D eigenvalue weighted by atomic mass is 10.1. The predicted molar refractivity (Wildman–Crippen MR) is 72.0 cm³/mol. The molecule has 0 heterocycles. The molecule has 1 aromatic carbocycles. The Bertz CT molecular complexity index is 385. The van der Waals surface area contributed by atoms with Gasteiger partial charge in [0.25, 0.3) is 0 Å². The highest BCUT2D eigenvalue weighted by Crippen LogP contribution is 2.14. The lowest BCUT2D eigenvalue weighted by molar-refractivity contribution is 0.326. The molecule has 1 N–H and O–H groups in total. The monoisotopic (exact) mass is 231 g/mol. The first kappa shape index (κ1) is 13.6. The van der Waals surface area contributed by atoms with Gasteiger partial charge in [-0.1, -0.05) is 12.1 Å². The summed E-state index contributed by atoms with van der Waals surface area (Å²) in [5.74, 6) is 3.44. The number of terminal acetylenes is 1. The Labute approximate surface area is 104 Å². The third-order valence-corrected chi connectivity index (χ3v) is 2.24. The first-order valence-electron chi connectivity index (χ1n) is 5.91. The molecule has 0 saturated carbocycles. The van der Waals surface area contributed by atoms with Gasteiger partial charge in [-0.15, -0.1) is 12.3 Å². The van der Waals surface area contributed by atoms with Crippen LogP contribution in [0.15, 0.2) is 24.3 Å². The summed E-state index contributed by atoms with van der Waals surface area (Å²) in [4.78, 5) is 0. The minimum Gasteiger partial charge on any atom is -0.493 e. The zero-order valence-corrected chi connectivity index (χ0v) is 10.9. The molecule has 0 radical (unpaired) electrons. The number of hydrogen-bond acceptors (Lipinski definition) is 2. The normalized spacial score (nSPS) is 10.9. The molecule has 0 aromatic heterocycles. The van der Waals surface area contributed by atoms with Gasteiger partial charge in [-0.05, 0) is 38.5 Å². The van der Waals surface area contributed by atoms with Crippen LogP contribution in [-0.2, 0) is 6.54 Å². The molecular formula is C15H21NO. The summed E-state index contributed by atoms with van der Waals surface area (Å²) >= 11 is 0. The van der Waals surface area contributed by atoms with Crippen molar-refractivity contribution >= 4 is 0 Å². The van der Waals surface area contributed by atoms with Crippen molar-refractivity contribution in [3.05, 3.63) is 29.8 Å². The van der Waals surface area contributed by atoms with Crippen LogP contribution >= 0.6 is 0 Å². The van der Waals surface area contributed by atoms with Crippen LogP contribution in [0.5, 0.6) is 5.75 Å². The Balaban J connectivity index is 2.51. The molecule has 92 valence electrons. The highest BCUT2D eigenvalue weighted by Gasteiger charge is 2.08. The Kier molecular flexibility index (Phi) is 5.06. The van der Waals surface area contributed by atoms with E-state index in [4.69, 9.17) is 11.2 Å². The Hall–Kier alpha value is -1.46. The summed E-state index contributed by atoms with van der Waals surface area (Å²) < 4.78 is 5.55. The molecule has 1 aromatic rings. The third kappa shape index (κ3) is 5.99. The summed E-state index contributed by atoms with van der Waals surface area (Å²) in [6.07, 6.45) is 5.82. The molecule has 0 aliphatic carbocycles. The smallest absolute Gasteiger partial charge is 0.119 e. The van der Waals surface area contributed by atoms with Gasteiger partial charge in [-0.3, -0.25) is 0 Å². The van der Waals surface area contributed by atoms with E-state index in [9.17, 15) is 0 Å². The number of benzene rings is 1. The van der Waals surface area contributed by atoms with Gasteiger partial charge in [0.05, 0.1) is 6.61 Å². The molecular weight excluding hydrogens is 210 g/mol. The molecule has 0 saturated heterocycles. The second-order valence-corrected chi connectivity index (χ2v) is 5.05. The van der Waals surface area contributed by atoms with Gasteiger partial charge in [0, 0.05) is 18.5 Å². The van der Waals surface area contributed by atoms with E-state index >= 15 is 0 Å². The predicted octanol–water partition coefficient (Wildman–Crippen LogP) is 2.98. The number of hydrogen-bond donors (Lipinski definition) is 1. The Morgan fingerprint density at radius 3 is 2.76 bits per heavy atom. The van der Waals surface area contributed by atoms with E-state index < -0.39 is 0 Å². The molecule has 17 heavy (non-hydrogen) atoms. The zero-order valence-electron chi connectivity index (χ0n) is 10.9. The van der Waals surface area contributed by atoms with E-state index in [2.05, 4.69) is 44.1 Å². The van der Waals surface area contributed by atoms with E-state index in [0.29, 0.717) is 13.0 Å². The van der Waals surface area contributed by atoms with Crippen molar-refractivity contribution in [2.24, 2.45) is 0 Å². The Morgan fingerprint density at radius 2 is 2.12 bits per heavy atom. The van der Waals surface area contributed by atoms with E-state index in [1.54, 1.807) is 0 Å². The standard InChI is InChI=1S/C15H21NO/c1-5-6-10-17-14-9-7-8-13(11-14)12-16-15(2,3)4/h1,7-9,11,16H,6,10,12H2,2-4H3. The fourth-order valence-electron chi connectivity index (χ4n) is 1.34. The average Bonchev–Trinajstić information content (AvgIpc) is 2.27. The molecule has 0 amide bonds. The van der Waals surface area contributed by atoms with Gasteiger partial charge in [0.2, 0.25) is 0 Å². The van der Waals surface area contributed by atoms with Crippen LogP contribution in [0, 0.1) is 12.3 Å². The molecule has 2 heteroatoms. The third-order valence-electron chi connectivity index (χ3n) is 2.24.